The van der Waals surface area contributed by atoms with Crippen molar-refractivity contribution in [2.24, 2.45) is 11.8 Å². The molecule has 110 valence electrons. The summed E-state index contributed by atoms with van der Waals surface area (Å²) in [6.45, 7) is 0.441. The molecule has 0 N–H and O–H groups in total. The highest BCUT2D eigenvalue weighted by atomic mass is 16.5. The number of nitrogens with zero attached hydrogens (tertiary/aromatic N) is 1. The predicted molar refractivity (Wildman–Crippen MR) is 72.2 cm³/mol. The van der Waals surface area contributed by atoms with E-state index in [1.165, 1.54) is 12.0 Å². The molecule has 2 fully saturated rings. The van der Waals surface area contributed by atoms with Gasteiger partial charge in [0.05, 0.1) is 25.5 Å². The maximum absolute atomic E-state index is 11.8. The molecule has 1 saturated heterocycles. The van der Waals surface area contributed by atoms with Crippen LogP contribution < -0.4 is 9.47 Å². The van der Waals surface area contributed by atoms with E-state index < -0.39 is 0 Å². The molecule has 1 saturated carbocycles. The molecule has 0 aromatic heterocycles. The van der Waals surface area contributed by atoms with Crippen molar-refractivity contribution in [3.8, 4) is 11.5 Å². The van der Waals surface area contributed by atoms with Crippen LogP contribution in [0.2, 0.25) is 0 Å². The van der Waals surface area contributed by atoms with Crippen LogP contribution in [0.25, 0.3) is 0 Å². The number of rotatable bonds is 6. The van der Waals surface area contributed by atoms with E-state index in [-0.39, 0.29) is 36.8 Å². The lowest BCUT2D eigenvalue weighted by atomic mass is 10.2. The average Bonchev–Trinajstić information content (AvgIpc) is 3.26. The number of methoxy groups -OCH3 is 1. The lowest BCUT2D eigenvalue weighted by Gasteiger charge is -2.17. The van der Waals surface area contributed by atoms with Crippen LogP contribution in [0.5, 0.6) is 11.5 Å². The number of carbonyl (C=O) groups is 3. The topological polar surface area (TPSA) is 72.9 Å². The summed E-state index contributed by atoms with van der Waals surface area (Å²) in [6.07, 6.45) is 1.43. The number of imide groups is 1. The molecule has 2 aliphatic rings. The third kappa shape index (κ3) is 2.37. The van der Waals surface area contributed by atoms with Gasteiger partial charge in [-0.15, -0.1) is 0 Å². The first-order valence-electron chi connectivity index (χ1n) is 6.77. The number of hydrogen-bond acceptors (Lipinski definition) is 5. The summed E-state index contributed by atoms with van der Waals surface area (Å²) in [4.78, 5) is 35.6. The van der Waals surface area contributed by atoms with E-state index in [4.69, 9.17) is 9.47 Å². The van der Waals surface area contributed by atoms with Gasteiger partial charge in [-0.1, -0.05) is 0 Å². The SMILES string of the molecule is COc1cc(C=O)ccc1OCCN1C(=O)C2CC2C1=O. The van der Waals surface area contributed by atoms with Gasteiger partial charge >= 0.3 is 0 Å². The normalized spacial score (nSPS) is 23.0. The predicted octanol–water partition coefficient (Wildman–Crippen LogP) is 0.891. The monoisotopic (exact) mass is 289 g/mol. The molecule has 6 heteroatoms. The van der Waals surface area contributed by atoms with E-state index >= 15 is 0 Å². The van der Waals surface area contributed by atoms with Gasteiger partial charge in [0, 0.05) is 5.56 Å². The van der Waals surface area contributed by atoms with Crippen molar-refractivity contribution in [3.05, 3.63) is 23.8 Å². The Morgan fingerprint density at radius 2 is 1.95 bits per heavy atom. The molecule has 0 spiro atoms. The lowest BCUT2D eigenvalue weighted by molar-refractivity contribution is -0.141. The summed E-state index contributed by atoms with van der Waals surface area (Å²) >= 11 is 0. The number of piperidine rings is 1. The average molecular weight is 289 g/mol. The van der Waals surface area contributed by atoms with Crippen LogP contribution in [0.15, 0.2) is 18.2 Å². The third-order valence-corrected chi connectivity index (χ3v) is 3.85. The smallest absolute Gasteiger partial charge is 0.233 e. The second-order valence-electron chi connectivity index (χ2n) is 5.15. The molecule has 6 nitrogen and oxygen atoms in total. The highest BCUT2D eigenvalue weighted by Gasteiger charge is 2.58. The summed E-state index contributed by atoms with van der Waals surface area (Å²) in [5, 5.41) is 0. The van der Waals surface area contributed by atoms with Crippen molar-refractivity contribution in [2.45, 2.75) is 6.42 Å². The summed E-state index contributed by atoms with van der Waals surface area (Å²) in [6, 6.07) is 4.82. The summed E-state index contributed by atoms with van der Waals surface area (Å²) in [5.74, 6) is 0.584. The van der Waals surface area contributed by atoms with Gasteiger partial charge in [-0.25, -0.2) is 0 Å². The molecule has 21 heavy (non-hydrogen) atoms. The number of amides is 2. The van der Waals surface area contributed by atoms with Gasteiger partial charge in [0.15, 0.2) is 11.5 Å². The van der Waals surface area contributed by atoms with Gasteiger partial charge in [0.2, 0.25) is 11.8 Å². The molecule has 1 aliphatic carbocycles. The van der Waals surface area contributed by atoms with E-state index in [9.17, 15) is 14.4 Å². The number of fused-ring (bicyclic) bond motifs is 1. The summed E-state index contributed by atoms with van der Waals surface area (Å²) in [5.41, 5.74) is 0.490. The van der Waals surface area contributed by atoms with Crippen molar-refractivity contribution >= 4 is 18.1 Å². The van der Waals surface area contributed by atoms with Gasteiger partial charge in [-0.2, -0.15) is 0 Å². The Hall–Kier alpha value is -2.37. The lowest BCUT2D eigenvalue weighted by Crippen LogP contribution is -2.36. The van der Waals surface area contributed by atoms with E-state index in [1.54, 1.807) is 18.2 Å². The first-order chi connectivity index (χ1) is 10.2. The van der Waals surface area contributed by atoms with Crippen LogP contribution in [-0.4, -0.2) is 43.3 Å². The fraction of sp³-hybridized carbons (Fsp3) is 0.400. The first kappa shape index (κ1) is 13.6. The van der Waals surface area contributed by atoms with Crippen LogP contribution in [0.1, 0.15) is 16.8 Å². The number of benzene rings is 1. The first-order valence-corrected chi connectivity index (χ1v) is 6.77. The van der Waals surface area contributed by atoms with Gasteiger partial charge in [-0.05, 0) is 24.6 Å². The molecular formula is C15H15NO5. The Morgan fingerprint density at radius 3 is 2.57 bits per heavy atom. The maximum Gasteiger partial charge on any atom is 0.233 e. The van der Waals surface area contributed by atoms with E-state index in [1.807, 2.05) is 0 Å². The van der Waals surface area contributed by atoms with Crippen LogP contribution in [0, 0.1) is 11.8 Å². The zero-order valence-electron chi connectivity index (χ0n) is 11.6. The van der Waals surface area contributed by atoms with Gasteiger partial charge < -0.3 is 9.47 Å². The number of ether oxygens (including phenoxy) is 2. The minimum atomic E-state index is -0.0862. The highest BCUT2D eigenvalue weighted by molar-refractivity contribution is 6.08. The molecule has 1 aromatic carbocycles. The van der Waals surface area contributed by atoms with Crippen molar-refractivity contribution in [1.29, 1.82) is 0 Å². The maximum atomic E-state index is 11.8. The van der Waals surface area contributed by atoms with Crippen LogP contribution in [0.4, 0.5) is 0 Å². The van der Waals surface area contributed by atoms with E-state index in [0.717, 1.165) is 6.29 Å². The molecule has 1 aliphatic heterocycles. The molecular weight excluding hydrogens is 274 g/mol. The quantitative estimate of drug-likeness (QED) is 0.574. The highest BCUT2D eigenvalue weighted by Crippen LogP contribution is 2.46. The summed E-state index contributed by atoms with van der Waals surface area (Å²) < 4.78 is 10.7. The molecule has 0 bridgehead atoms. The van der Waals surface area contributed by atoms with E-state index in [0.29, 0.717) is 23.5 Å². The van der Waals surface area contributed by atoms with E-state index in [2.05, 4.69) is 0 Å². The molecule has 2 atom stereocenters. The number of aldehydes is 1. The van der Waals surface area contributed by atoms with Crippen molar-refractivity contribution in [3.63, 3.8) is 0 Å². The molecule has 1 aromatic rings. The molecule has 2 unspecified atom stereocenters. The Bertz CT molecular complexity index is 592. The minimum absolute atomic E-state index is 0.0843. The van der Waals surface area contributed by atoms with Crippen molar-refractivity contribution < 1.29 is 23.9 Å². The fourth-order valence-corrected chi connectivity index (χ4v) is 2.59. The van der Waals surface area contributed by atoms with Crippen LogP contribution >= 0.6 is 0 Å². The second kappa shape index (κ2) is 5.20. The Labute approximate surface area is 121 Å². The zero-order chi connectivity index (χ0) is 15.0. The fourth-order valence-electron chi connectivity index (χ4n) is 2.59. The largest absolute Gasteiger partial charge is 0.493 e. The zero-order valence-corrected chi connectivity index (χ0v) is 11.6. The van der Waals surface area contributed by atoms with Gasteiger partial charge in [-0.3, -0.25) is 19.3 Å². The van der Waals surface area contributed by atoms with Gasteiger partial charge in [0.25, 0.3) is 0 Å². The van der Waals surface area contributed by atoms with Crippen LogP contribution in [0.3, 0.4) is 0 Å². The molecule has 3 rings (SSSR count). The Morgan fingerprint density at radius 1 is 1.24 bits per heavy atom. The number of likely N-dealkylation sites (tertiary alicyclic amines) is 1. The minimum Gasteiger partial charge on any atom is -0.493 e. The Kier molecular flexibility index (Phi) is 3.37. The Balaban J connectivity index is 1.59. The van der Waals surface area contributed by atoms with Crippen molar-refractivity contribution in [1.82, 2.24) is 4.90 Å². The molecule has 1 heterocycles. The molecule has 0 radical (unpaired) electrons. The summed E-state index contributed by atoms with van der Waals surface area (Å²) in [7, 11) is 1.48. The van der Waals surface area contributed by atoms with Crippen molar-refractivity contribution in [2.75, 3.05) is 20.3 Å². The van der Waals surface area contributed by atoms with Crippen LogP contribution in [-0.2, 0) is 9.59 Å². The second-order valence-corrected chi connectivity index (χ2v) is 5.15. The van der Waals surface area contributed by atoms with Gasteiger partial charge in [0.1, 0.15) is 12.9 Å². The standard InChI is InChI=1S/C15H15NO5/c1-20-13-6-9(8-17)2-3-12(13)21-5-4-16-14(18)10-7-11(10)15(16)19/h2-3,6,8,10-11H,4-5,7H2,1H3. The third-order valence-electron chi connectivity index (χ3n) is 3.85. The molecule has 2 amide bonds. The number of carbonyl (C=O) groups excluding carboxylic acids is 3. The number of hydrogen-bond donors (Lipinski definition) is 0.